The second-order valence-electron chi connectivity index (χ2n) is 8.39. The van der Waals surface area contributed by atoms with Gasteiger partial charge >= 0.3 is 5.97 Å². The van der Waals surface area contributed by atoms with Crippen molar-refractivity contribution in [3.05, 3.63) is 81.1 Å². The Labute approximate surface area is 205 Å². The predicted molar refractivity (Wildman–Crippen MR) is 132 cm³/mol. The molecular formula is C26H23FN4O3S. The van der Waals surface area contributed by atoms with Crippen molar-refractivity contribution in [3.63, 3.8) is 0 Å². The summed E-state index contributed by atoms with van der Waals surface area (Å²) in [5.41, 5.74) is 3.49. The quantitative estimate of drug-likeness (QED) is 0.397. The van der Waals surface area contributed by atoms with E-state index in [9.17, 15) is 9.59 Å². The first-order valence-electron chi connectivity index (χ1n) is 11.3. The smallest absolute Gasteiger partial charge is 0.328 e. The van der Waals surface area contributed by atoms with E-state index in [0.717, 1.165) is 18.2 Å². The minimum Gasteiger partial charge on any atom is -0.478 e. The van der Waals surface area contributed by atoms with E-state index in [-0.39, 0.29) is 23.1 Å². The molecule has 0 saturated carbocycles. The van der Waals surface area contributed by atoms with Gasteiger partial charge in [-0.05, 0) is 55.0 Å². The Bertz CT molecular complexity index is 1490. The number of carbonyl (C=O) groups is 2. The highest BCUT2D eigenvalue weighted by atomic mass is 32.1. The van der Waals surface area contributed by atoms with E-state index >= 15 is 4.39 Å². The third-order valence-corrected chi connectivity index (χ3v) is 7.33. The number of carboxylic acid groups (broad SMARTS) is 1. The molecule has 0 bridgehead atoms. The summed E-state index contributed by atoms with van der Waals surface area (Å²) < 4.78 is 16.8. The summed E-state index contributed by atoms with van der Waals surface area (Å²) in [5, 5.41) is 15.5. The lowest BCUT2D eigenvalue weighted by Crippen LogP contribution is -2.38. The number of thiophene rings is 1. The lowest BCUT2D eigenvalue weighted by atomic mass is 10.0. The summed E-state index contributed by atoms with van der Waals surface area (Å²) in [4.78, 5) is 32.1. The zero-order valence-corrected chi connectivity index (χ0v) is 20.1. The maximum absolute atomic E-state index is 15.1. The van der Waals surface area contributed by atoms with Crippen LogP contribution in [0.5, 0.6) is 0 Å². The van der Waals surface area contributed by atoms with Gasteiger partial charge in [-0.15, -0.1) is 11.3 Å². The number of aromatic nitrogens is 3. The Morgan fingerprint density at radius 3 is 2.89 bits per heavy atom. The molecule has 1 amide bonds. The zero-order valence-electron chi connectivity index (χ0n) is 19.2. The Morgan fingerprint density at radius 1 is 1.29 bits per heavy atom. The average molecular weight is 491 g/mol. The number of halogens is 1. The van der Waals surface area contributed by atoms with Crippen LogP contribution in [-0.2, 0) is 17.6 Å². The highest BCUT2D eigenvalue weighted by Crippen LogP contribution is 2.34. The van der Waals surface area contributed by atoms with E-state index in [0.29, 0.717) is 30.0 Å². The third kappa shape index (κ3) is 4.12. The molecule has 178 valence electrons. The van der Waals surface area contributed by atoms with Gasteiger partial charge in [-0.3, -0.25) is 4.79 Å². The van der Waals surface area contributed by atoms with Crippen LogP contribution in [0.15, 0.2) is 47.9 Å². The summed E-state index contributed by atoms with van der Waals surface area (Å²) in [7, 11) is 0. The van der Waals surface area contributed by atoms with E-state index in [1.165, 1.54) is 22.6 Å². The molecule has 1 N–H and O–H groups in total. The van der Waals surface area contributed by atoms with Crippen LogP contribution in [0.4, 0.5) is 4.39 Å². The highest BCUT2D eigenvalue weighted by Gasteiger charge is 2.30. The molecule has 1 atom stereocenters. The minimum absolute atomic E-state index is 0.0308. The van der Waals surface area contributed by atoms with Gasteiger partial charge in [0.2, 0.25) is 0 Å². The fraction of sp³-hybridized carbons (Fsp3) is 0.231. The van der Waals surface area contributed by atoms with Gasteiger partial charge < -0.3 is 10.0 Å². The molecule has 3 aromatic heterocycles. The second kappa shape index (κ2) is 9.07. The second-order valence-corrected chi connectivity index (χ2v) is 9.39. The largest absolute Gasteiger partial charge is 0.478 e. The monoisotopic (exact) mass is 490 g/mol. The van der Waals surface area contributed by atoms with Gasteiger partial charge in [-0.25, -0.2) is 18.7 Å². The zero-order chi connectivity index (χ0) is 24.7. The number of hydrogen-bond donors (Lipinski definition) is 1. The van der Waals surface area contributed by atoms with E-state index in [1.54, 1.807) is 40.1 Å². The molecule has 4 heterocycles. The van der Waals surface area contributed by atoms with Crippen LogP contribution in [-0.4, -0.2) is 43.0 Å². The van der Waals surface area contributed by atoms with Gasteiger partial charge in [0.05, 0.1) is 11.7 Å². The summed E-state index contributed by atoms with van der Waals surface area (Å²) in [6, 6.07) is 10.2. The lowest BCUT2D eigenvalue weighted by Gasteiger charge is -2.33. The number of rotatable bonds is 5. The van der Waals surface area contributed by atoms with E-state index < -0.39 is 11.8 Å². The van der Waals surface area contributed by atoms with Crippen molar-refractivity contribution < 1.29 is 19.1 Å². The number of benzene rings is 1. The van der Waals surface area contributed by atoms with Crippen molar-refractivity contribution in [1.82, 2.24) is 19.5 Å². The molecule has 1 aromatic carbocycles. The molecule has 0 aliphatic carbocycles. The van der Waals surface area contributed by atoms with Gasteiger partial charge in [0, 0.05) is 40.4 Å². The molecule has 1 aliphatic heterocycles. The van der Waals surface area contributed by atoms with Gasteiger partial charge in [-0.2, -0.15) is 5.10 Å². The van der Waals surface area contributed by atoms with Crippen LogP contribution >= 0.6 is 11.3 Å². The number of aryl methyl sites for hydroxylation is 1. The summed E-state index contributed by atoms with van der Waals surface area (Å²) in [6.07, 6.45) is 3.53. The Kier molecular flexibility index (Phi) is 5.94. The molecule has 5 rings (SSSR count). The summed E-state index contributed by atoms with van der Waals surface area (Å²) in [5.74, 6) is -1.87. The Morgan fingerprint density at radius 2 is 2.11 bits per heavy atom. The number of carboxylic acids is 1. The first-order chi connectivity index (χ1) is 16.9. The molecule has 1 aliphatic rings. The van der Waals surface area contributed by atoms with Gasteiger partial charge in [0.1, 0.15) is 11.5 Å². The number of fused-ring (bicyclic) bond motifs is 2. The van der Waals surface area contributed by atoms with Crippen LogP contribution in [0.3, 0.4) is 0 Å². The summed E-state index contributed by atoms with van der Waals surface area (Å²) in [6.45, 7) is 4.63. The molecule has 0 radical (unpaired) electrons. The highest BCUT2D eigenvalue weighted by molar-refractivity contribution is 7.10. The predicted octanol–water partition coefficient (Wildman–Crippen LogP) is 5.02. The maximum atomic E-state index is 15.1. The molecule has 0 spiro atoms. The first-order valence-corrected chi connectivity index (χ1v) is 12.2. The van der Waals surface area contributed by atoms with Crippen molar-refractivity contribution in [2.75, 3.05) is 6.54 Å². The van der Waals surface area contributed by atoms with Crippen LogP contribution < -0.4 is 0 Å². The molecule has 0 saturated heterocycles. The standard InChI is InChI=1S/C26H23FN4O3S/c1-3-17-13-21(26(34)30-11-9-22-18(15(30)2)10-12-35-22)28-23-14-20(29-31(17)23)19-6-4-5-16(25(19)27)7-8-24(32)33/h4-8,10,12-15H,3,9,11H2,1-2H3,(H,32,33)/b8-7+/t15-/m1/s1. The lowest BCUT2D eigenvalue weighted by molar-refractivity contribution is -0.131. The minimum atomic E-state index is -1.16. The van der Waals surface area contributed by atoms with E-state index in [4.69, 9.17) is 5.11 Å². The van der Waals surface area contributed by atoms with Crippen molar-refractivity contribution in [3.8, 4) is 11.3 Å². The molecule has 4 aromatic rings. The van der Waals surface area contributed by atoms with Gasteiger partial charge in [-0.1, -0.05) is 19.1 Å². The van der Waals surface area contributed by atoms with Crippen LogP contribution in [0, 0.1) is 5.82 Å². The van der Waals surface area contributed by atoms with Crippen LogP contribution in [0.1, 0.15) is 52.1 Å². The third-order valence-electron chi connectivity index (χ3n) is 6.33. The molecular weight excluding hydrogens is 467 g/mol. The molecule has 9 heteroatoms. The Hall–Kier alpha value is -3.85. The SMILES string of the molecule is CCc1cc(C(=O)N2CCc3sccc3[C@H]2C)nc2cc(-c3cccc(/C=C/C(=O)O)c3F)nn12. The average Bonchev–Trinajstić information content (AvgIpc) is 3.50. The number of nitrogens with zero attached hydrogens (tertiary/aromatic N) is 4. The number of amides is 1. The van der Waals surface area contributed by atoms with E-state index in [1.807, 2.05) is 18.7 Å². The molecule has 0 unspecified atom stereocenters. The van der Waals surface area contributed by atoms with Crippen molar-refractivity contribution in [2.24, 2.45) is 0 Å². The maximum Gasteiger partial charge on any atom is 0.328 e. The summed E-state index contributed by atoms with van der Waals surface area (Å²) >= 11 is 1.72. The van der Waals surface area contributed by atoms with Gasteiger partial charge in [0.15, 0.2) is 5.65 Å². The topological polar surface area (TPSA) is 87.8 Å². The van der Waals surface area contributed by atoms with Crippen molar-refractivity contribution in [1.29, 1.82) is 0 Å². The first kappa shape index (κ1) is 22.9. The van der Waals surface area contributed by atoms with Crippen molar-refractivity contribution >= 4 is 34.9 Å². The van der Waals surface area contributed by atoms with E-state index in [2.05, 4.69) is 21.5 Å². The van der Waals surface area contributed by atoms with Crippen LogP contribution in [0.25, 0.3) is 23.0 Å². The fourth-order valence-corrected chi connectivity index (χ4v) is 5.46. The molecule has 35 heavy (non-hydrogen) atoms. The molecule has 0 fully saturated rings. The number of aliphatic carboxylic acids is 1. The number of carbonyl (C=O) groups excluding carboxylic acids is 1. The van der Waals surface area contributed by atoms with Gasteiger partial charge in [0.25, 0.3) is 5.91 Å². The fourth-order valence-electron chi connectivity index (χ4n) is 4.50. The Balaban J connectivity index is 1.53. The molecule has 7 nitrogen and oxygen atoms in total. The normalized spacial score (nSPS) is 15.6. The van der Waals surface area contributed by atoms with Crippen LogP contribution in [0.2, 0.25) is 0 Å². The van der Waals surface area contributed by atoms with Crippen molar-refractivity contribution in [2.45, 2.75) is 32.7 Å². The number of hydrogen-bond acceptors (Lipinski definition) is 5.